The summed E-state index contributed by atoms with van der Waals surface area (Å²) in [4.78, 5) is 21.1. The smallest absolute Gasteiger partial charge is 0.338 e. The van der Waals surface area contributed by atoms with Crippen LogP contribution in [0.15, 0.2) is 12.4 Å². The third-order valence-corrected chi connectivity index (χ3v) is 4.90. The lowest BCUT2D eigenvalue weighted by atomic mass is 10.1. The fraction of sp³-hybridized carbons (Fsp3) is 0.500. The molecule has 0 radical (unpaired) electrons. The summed E-state index contributed by atoms with van der Waals surface area (Å²) < 4.78 is 7.26. The number of carbonyl (C=O) groups is 1. The van der Waals surface area contributed by atoms with Gasteiger partial charge in [0.05, 0.1) is 10.5 Å². The van der Waals surface area contributed by atoms with Crippen LogP contribution in [0.5, 0.6) is 0 Å². The van der Waals surface area contributed by atoms with Crippen LogP contribution in [-0.4, -0.2) is 35.2 Å². The molecule has 0 unspecified atom stereocenters. The largest absolute Gasteiger partial charge is 0.478 e. The van der Waals surface area contributed by atoms with E-state index in [9.17, 15) is 20.0 Å². The van der Waals surface area contributed by atoms with Crippen molar-refractivity contribution in [1.82, 2.24) is 4.57 Å². The van der Waals surface area contributed by atoms with E-state index >= 15 is 0 Å². The van der Waals surface area contributed by atoms with Crippen LogP contribution in [0.25, 0.3) is 6.08 Å². The van der Waals surface area contributed by atoms with Crippen molar-refractivity contribution in [2.24, 2.45) is 0 Å². The first-order valence-electron chi connectivity index (χ1n) is 6.94. The van der Waals surface area contributed by atoms with Gasteiger partial charge in [0.15, 0.2) is 0 Å². The summed E-state index contributed by atoms with van der Waals surface area (Å²) in [6, 6.07) is 1.02. The van der Waals surface area contributed by atoms with Crippen molar-refractivity contribution in [3.8, 4) is 0 Å². The molecule has 0 saturated carbocycles. The third-order valence-electron chi connectivity index (χ3n) is 3.19. The molecule has 0 aliphatic heterocycles. The van der Waals surface area contributed by atoms with Crippen LogP contribution < -0.4 is 0 Å². The second-order valence-electron chi connectivity index (χ2n) is 6.27. The molecule has 0 spiro atoms. The first-order chi connectivity index (χ1) is 10.1. The predicted octanol–water partition coefficient (Wildman–Crippen LogP) is 3.05. The number of aromatic carboxylic acids is 1. The first-order valence-corrected chi connectivity index (χ1v) is 10.6. The lowest BCUT2D eigenvalue weighted by Crippen LogP contribution is -2.22. The Balaban J connectivity index is 2.86. The highest BCUT2D eigenvalue weighted by Crippen LogP contribution is 2.19. The van der Waals surface area contributed by atoms with E-state index in [2.05, 4.69) is 19.6 Å². The molecule has 1 N–H and O–H groups in total. The molecule has 1 heterocycles. The van der Waals surface area contributed by atoms with Crippen LogP contribution in [0, 0.1) is 17.0 Å². The molecular formula is C14H22N2O5Si. The van der Waals surface area contributed by atoms with Crippen LogP contribution in [-0.2, 0) is 11.5 Å². The molecule has 0 aromatic carbocycles. The van der Waals surface area contributed by atoms with Gasteiger partial charge in [-0.1, -0.05) is 19.6 Å². The van der Waals surface area contributed by atoms with E-state index in [1.165, 1.54) is 6.08 Å². The average molecular weight is 326 g/mol. The zero-order valence-electron chi connectivity index (χ0n) is 13.3. The number of carboxylic acid groups (broad SMARTS) is 1. The number of aromatic nitrogens is 1. The van der Waals surface area contributed by atoms with E-state index in [-0.39, 0.29) is 12.3 Å². The lowest BCUT2D eigenvalue weighted by molar-refractivity contribution is -0.400. The fourth-order valence-electron chi connectivity index (χ4n) is 1.90. The van der Waals surface area contributed by atoms with Gasteiger partial charge in [0, 0.05) is 38.2 Å². The molecule has 122 valence electrons. The lowest BCUT2D eigenvalue weighted by Gasteiger charge is -2.16. The molecule has 0 amide bonds. The molecule has 7 nitrogen and oxygen atoms in total. The van der Waals surface area contributed by atoms with E-state index in [0.717, 1.165) is 12.2 Å². The minimum atomic E-state index is -1.17. The Bertz CT molecular complexity index is 587. The van der Waals surface area contributed by atoms with Gasteiger partial charge in [-0.2, -0.15) is 0 Å². The maximum absolute atomic E-state index is 11.3. The molecule has 0 atom stereocenters. The van der Waals surface area contributed by atoms with Gasteiger partial charge in [-0.25, -0.2) is 4.79 Å². The molecule has 0 bridgehead atoms. The van der Waals surface area contributed by atoms with Crippen LogP contribution in [0.1, 0.15) is 21.6 Å². The van der Waals surface area contributed by atoms with Gasteiger partial charge in [-0.15, -0.1) is 0 Å². The number of ether oxygens (including phenoxy) is 1. The summed E-state index contributed by atoms with van der Waals surface area (Å²) in [5.74, 6) is -1.11. The minimum Gasteiger partial charge on any atom is -0.478 e. The molecule has 0 fully saturated rings. The summed E-state index contributed by atoms with van der Waals surface area (Å²) in [7, 11) is -1.17. The number of carboxylic acids is 1. The maximum Gasteiger partial charge on any atom is 0.338 e. The van der Waals surface area contributed by atoms with Crippen molar-refractivity contribution < 1.29 is 19.6 Å². The van der Waals surface area contributed by atoms with Gasteiger partial charge in [0.25, 0.3) is 0 Å². The molecule has 0 aliphatic carbocycles. The van der Waals surface area contributed by atoms with E-state index < -0.39 is 19.0 Å². The molecule has 0 saturated heterocycles. The van der Waals surface area contributed by atoms with Crippen LogP contribution in [0.2, 0.25) is 25.7 Å². The number of hydrogen-bond donors (Lipinski definition) is 1. The normalized spacial score (nSPS) is 12.0. The van der Waals surface area contributed by atoms with Gasteiger partial charge < -0.3 is 14.4 Å². The summed E-state index contributed by atoms with van der Waals surface area (Å²) >= 11 is 0. The van der Waals surface area contributed by atoms with Crippen LogP contribution in [0.4, 0.5) is 0 Å². The predicted molar refractivity (Wildman–Crippen MR) is 86.3 cm³/mol. The molecule has 1 aromatic rings. The molecule has 1 aromatic heterocycles. The summed E-state index contributed by atoms with van der Waals surface area (Å²) in [5.41, 5.74) is 0.880. The number of rotatable bonds is 8. The average Bonchev–Trinajstić information content (AvgIpc) is 2.68. The zero-order chi connectivity index (χ0) is 16.9. The topological polar surface area (TPSA) is 94.6 Å². The molecule has 8 heteroatoms. The van der Waals surface area contributed by atoms with E-state index in [1.54, 1.807) is 17.7 Å². The van der Waals surface area contributed by atoms with Crippen molar-refractivity contribution >= 4 is 20.1 Å². The fourth-order valence-corrected chi connectivity index (χ4v) is 2.66. The van der Waals surface area contributed by atoms with Crippen molar-refractivity contribution in [3.63, 3.8) is 0 Å². The van der Waals surface area contributed by atoms with Crippen molar-refractivity contribution in [3.05, 3.63) is 39.3 Å². The molecule has 0 aliphatic rings. The highest BCUT2D eigenvalue weighted by atomic mass is 28.3. The van der Waals surface area contributed by atoms with Crippen LogP contribution >= 0.6 is 0 Å². The Morgan fingerprint density at radius 2 is 2.14 bits per heavy atom. The van der Waals surface area contributed by atoms with Gasteiger partial charge in [0.2, 0.25) is 6.20 Å². The minimum absolute atomic E-state index is 0.0619. The molecule has 1 rings (SSSR count). The Kier molecular flexibility index (Phi) is 6.07. The first kappa shape index (κ1) is 18.1. The molecule has 22 heavy (non-hydrogen) atoms. The number of nitrogens with zero attached hydrogens (tertiary/aromatic N) is 2. The van der Waals surface area contributed by atoms with Gasteiger partial charge in [-0.05, 0) is 13.0 Å². The van der Waals surface area contributed by atoms with E-state index in [4.69, 9.17) is 4.74 Å². The Labute approximate surface area is 130 Å². The van der Waals surface area contributed by atoms with Crippen LogP contribution in [0.3, 0.4) is 0 Å². The quantitative estimate of drug-likeness (QED) is 0.343. The zero-order valence-corrected chi connectivity index (χ0v) is 14.3. The Morgan fingerprint density at radius 3 is 2.64 bits per heavy atom. The van der Waals surface area contributed by atoms with Crippen molar-refractivity contribution in [2.75, 3.05) is 6.61 Å². The highest BCUT2D eigenvalue weighted by Gasteiger charge is 2.18. The summed E-state index contributed by atoms with van der Waals surface area (Å²) in [5, 5.41) is 19.6. The monoisotopic (exact) mass is 326 g/mol. The summed E-state index contributed by atoms with van der Waals surface area (Å²) in [6.07, 6.45) is 3.49. The number of nitro groups is 1. The molecular weight excluding hydrogens is 304 g/mol. The maximum atomic E-state index is 11.3. The second-order valence-corrected chi connectivity index (χ2v) is 11.9. The standard InChI is InChI=1S/C14H22N2O5Si/c1-11-13(14(17)18)12(5-6-16(19)20)9-15(11)10-21-7-8-22(2,3)4/h5-6,9H,7-8,10H2,1-4H3,(H,17,18)/b6-5+. The second kappa shape index (κ2) is 7.37. The third kappa shape index (κ3) is 5.45. The van der Waals surface area contributed by atoms with E-state index in [1.807, 2.05) is 0 Å². The van der Waals surface area contributed by atoms with Crippen molar-refractivity contribution in [2.45, 2.75) is 39.3 Å². The Hall–Kier alpha value is -1.93. The highest BCUT2D eigenvalue weighted by molar-refractivity contribution is 6.76. The van der Waals surface area contributed by atoms with Crippen molar-refractivity contribution in [1.29, 1.82) is 0 Å². The number of hydrogen-bond acceptors (Lipinski definition) is 4. The van der Waals surface area contributed by atoms with Gasteiger partial charge in [0.1, 0.15) is 6.73 Å². The SMILES string of the molecule is Cc1c(C(=O)O)c(/C=C/[N+](=O)[O-])cn1COCC[Si](C)(C)C. The summed E-state index contributed by atoms with van der Waals surface area (Å²) in [6.45, 7) is 9.27. The van der Waals surface area contributed by atoms with Gasteiger partial charge in [-0.3, -0.25) is 10.1 Å². The van der Waals surface area contributed by atoms with E-state index in [0.29, 0.717) is 17.9 Å². The van der Waals surface area contributed by atoms with Gasteiger partial charge >= 0.3 is 5.97 Å². The Morgan fingerprint density at radius 1 is 1.50 bits per heavy atom.